The molecule has 2 aromatic rings. The molecule has 0 spiro atoms. The van der Waals surface area contributed by atoms with Gasteiger partial charge in [0.25, 0.3) is 0 Å². The number of rotatable bonds is 7. The Morgan fingerprint density at radius 3 is 2.56 bits per heavy atom. The second-order valence-electron chi connectivity index (χ2n) is 8.04. The van der Waals surface area contributed by atoms with Crippen molar-refractivity contribution in [3.05, 3.63) is 41.7 Å². The normalized spacial score (nSPS) is 14.7. The van der Waals surface area contributed by atoms with Gasteiger partial charge in [0, 0.05) is 32.1 Å². The Balaban J connectivity index is 0.00000272. The summed E-state index contributed by atoms with van der Waals surface area (Å²) in [4.78, 5) is 12.7. The van der Waals surface area contributed by atoms with E-state index in [1.807, 2.05) is 19.1 Å². The molecule has 9 nitrogen and oxygen atoms in total. The molecule has 1 saturated heterocycles. The number of amides is 2. The predicted molar refractivity (Wildman–Crippen MR) is 122 cm³/mol. The zero-order chi connectivity index (χ0) is 22.6. The van der Waals surface area contributed by atoms with Crippen molar-refractivity contribution >= 4 is 27.6 Å². The molecular formula is C21H32N5NaO4S. The smallest absolute Gasteiger partial charge is 1.00 e. The Labute approximate surface area is 213 Å². The van der Waals surface area contributed by atoms with E-state index in [9.17, 15) is 13.2 Å². The minimum absolute atomic E-state index is 0. The fraction of sp³-hybridized carbons (Fsp3) is 0.524. The Morgan fingerprint density at radius 2 is 2.00 bits per heavy atom. The Hall–Kier alpha value is -1.59. The summed E-state index contributed by atoms with van der Waals surface area (Å²) in [6, 6.07) is 4.70. The van der Waals surface area contributed by atoms with Crippen LogP contribution in [0.1, 0.15) is 52.1 Å². The van der Waals surface area contributed by atoms with Crippen LogP contribution in [0.2, 0.25) is 0 Å². The molecule has 32 heavy (non-hydrogen) atoms. The van der Waals surface area contributed by atoms with Crippen molar-refractivity contribution in [2.45, 2.75) is 52.0 Å². The first-order chi connectivity index (χ1) is 14.7. The number of aryl methyl sites for hydroxylation is 2. The number of benzene rings is 1. The van der Waals surface area contributed by atoms with Gasteiger partial charge in [-0.2, -0.15) is 13.5 Å². The van der Waals surface area contributed by atoms with Crippen LogP contribution in [0.4, 0.5) is 16.2 Å². The monoisotopic (exact) mass is 473 g/mol. The van der Waals surface area contributed by atoms with Crippen molar-refractivity contribution < 1.29 is 48.9 Å². The third-order valence-corrected chi connectivity index (χ3v) is 6.77. The van der Waals surface area contributed by atoms with Crippen molar-refractivity contribution in [1.29, 1.82) is 0 Å². The molecule has 1 fully saturated rings. The van der Waals surface area contributed by atoms with E-state index < -0.39 is 16.2 Å². The number of hydrogen-bond acceptors (Lipinski definition) is 5. The van der Waals surface area contributed by atoms with Crippen LogP contribution in [0, 0.1) is 0 Å². The molecule has 2 N–H and O–H groups in total. The molecule has 3 rings (SSSR count). The minimum atomic E-state index is -4.16. The molecule has 1 aromatic carbocycles. The van der Waals surface area contributed by atoms with Gasteiger partial charge in [-0.05, 0) is 48.4 Å². The van der Waals surface area contributed by atoms with Crippen molar-refractivity contribution in [3.8, 4) is 0 Å². The molecule has 2 amide bonds. The van der Waals surface area contributed by atoms with Gasteiger partial charge in [-0.3, -0.25) is 4.68 Å². The molecule has 1 aliphatic rings. The molecule has 2 heterocycles. The maximum absolute atomic E-state index is 13.2. The summed E-state index contributed by atoms with van der Waals surface area (Å²) < 4.78 is 36.7. The molecule has 0 atom stereocenters. The molecule has 11 heteroatoms. The van der Waals surface area contributed by atoms with Gasteiger partial charge in [-0.1, -0.05) is 26.8 Å². The SMILES string of the molecule is CCc1cc(NC(=O)NS(=O)(=O)N(c2cnn(C)c2)C2CCOCC2)cc(C(C)C)c1.[H-].[Na+]. The van der Waals surface area contributed by atoms with E-state index in [-0.39, 0.29) is 42.9 Å². The van der Waals surface area contributed by atoms with E-state index in [2.05, 4.69) is 35.1 Å². The first kappa shape index (κ1) is 26.7. The van der Waals surface area contributed by atoms with Crippen LogP contribution in [-0.2, 0) is 28.4 Å². The predicted octanol–water partition coefficient (Wildman–Crippen LogP) is 0.274. The van der Waals surface area contributed by atoms with Crippen molar-refractivity contribution in [2.75, 3.05) is 22.8 Å². The second kappa shape index (κ2) is 11.5. The third kappa shape index (κ3) is 6.71. The van der Waals surface area contributed by atoms with E-state index in [1.165, 1.54) is 15.2 Å². The summed E-state index contributed by atoms with van der Waals surface area (Å²) in [6.45, 7) is 7.11. The van der Waals surface area contributed by atoms with Crippen LogP contribution in [0.5, 0.6) is 0 Å². The number of nitrogens with one attached hydrogen (secondary N) is 2. The van der Waals surface area contributed by atoms with Crippen molar-refractivity contribution in [2.24, 2.45) is 7.05 Å². The van der Waals surface area contributed by atoms with Gasteiger partial charge in [-0.15, -0.1) is 0 Å². The van der Waals surface area contributed by atoms with Gasteiger partial charge in [0.2, 0.25) is 0 Å². The van der Waals surface area contributed by atoms with Crippen molar-refractivity contribution in [1.82, 2.24) is 14.5 Å². The average Bonchev–Trinajstić information content (AvgIpc) is 3.13. The Kier molecular flexibility index (Phi) is 9.59. The zero-order valence-electron chi connectivity index (χ0n) is 20.5. The topological polar surface area (TPSA) is 106 Å². The molecular weight excluding hydrogens is 441 g/mol. The zero-order valence-corrected chi connectivity index (χ0v) is 22.3. The molecule has 1 aliphatic heterocycles. The van der Waals surface area contributed by atoms with E-state index in [1.54, 1.807) is 13.2 Å². The molecule has 0 bridgehead atoms. The number of aromatic nitrogens is 2. The standard InChI is InChI=1S/C21H31N5O4S.Na.H/c1-5-16-10-17(15(2)3)12-18(11-16)23-21(27)24-31(28,29)26(19-6-8-30-9-7-19)20-13-22-25(4)14-20;;/h10-15,19H,5-9H2,1-4H3,(H2,23,24,27);;/q;+1;-1. The van der Waals surface area contributed by atoms with E-state index in [4.69, 9.17) is 4.74 Å². The fourth-order valence-corrected chi connectivity index (χ4v) is 5.00. The largest absolute Gasteiger partial charge is 1.00 e. The number of nitrogens with zero attached hydrogens (tertiary/aromatic N) is 3. The van der Waals surface area contributed by atoms with Gasteiger partial charge in [0.15, 0.2) is 0 Å². The summed E-state index contributed by atoms with van der Waals surface area (Å²) in [5.74, 6) is 0.286. The van der Waals surface area contributed by atoms with Crippen LogP contribution in [0.15, 0.2) is 30.6 Å². The van der Waals surface area contributed by atoms with Gasteiger partial charge < -0.3 is 11.5 Å². The first-order valence-corrected chi connectivity index (χ1v) is 12.0. The maximum Gasteiger partial charge on any atom is 1.00 e. The average molecular weight is 474 g/mol. The number of carbonyl (C=O) groups is 1. The van der Waals surface area contributed by atoms with Gasteiger partial charge in [0.1, 0.15) is 0 Å². The molecule has 0 unspecified atom stereocenters. The van der Waals surface area contributed by atoms with Crippen LogP contribution >= 0.6 is 0 Å². The van der Waals surface area contributed by atoms with Crippen LogP contribution in [0.25, 0.3) is 0 Å². The van der Waals surface area contributed by atoms with E-state index in [0.717, 1.165) is 17.5 Å². The number of urea groups is 1. The second-order valence-corrected chi connectivity index (χ2v) is 9.59. The van der Waals surface area contributed by atoms with Gasteiger partial charge >= 0.3 is 45.8 Å². The Bertz CT molecular complexity index is 1030. The number of carbonyl (C=O) groups excluding carboxylic acids is 1. The molecule has 172 valence electrons. The molecule has 1 aromatic heterocycles. The molecule has 0 saturated carbocycles. The van der Waals surface area contributed by atoms with E-state index in [0.29, 0.717) is 37.4 Å². The molecule has 0 aliphatic carbocycles. The van der Waals surface area contributed by atoms with Gasteiger partial charge in [0.05, 0.1) is 17.9 Å². The number of ether oxygens (including phenoxy) is 1. The summed E-state index contributed by atoms with van der Waals surface area (Å²) in [5.41, 5.74) is 3.12. The number of anilines is 2. The molecule has 0 radical (unpaired) electrons. The maximum atomic E-state index is 13.2. The van der Waals surface area contributed by atoms with Crippen LogP contribution in [-0.4, -0.2) is 43.5 Å². The minimum Gasteiger partial charge on any atom is -1.00 e. The van der Waals surface area contributed by atoms with Crippen molar-refractivity contribution in [3.63, 3.8) is 0 Å². The summed E-state index contributed by atoms with van der Waals surface area (Å²) in [7, 11) is -2.45. The number of hydrogen-bond donors (Lipinski definition) is 2. The van der Waals surface area contributed by atoms with Crippen LogP contribution < -0.4 is 43.9 Å². The fourth-order valence-electron chi connectivity index (χ4n) is 3.64. The van der Waals surface area contributed by atoms with E-state index >= 15 is 0 Å². The third-order valence-electron chi connectivity index (χ3n) is 5.30. The Morgan fingerprint density at radius 1 is 1.31 bits per heavy atom. The first-order valence-electron chi connectivity index (χ1n) is 10.5. The quantitative estimate of drug-likeness (QED) is 0.562. The van der Waals surface area contributed by atoms with Crippen LogP contribution in [0.3, 0.4) is 0 Å². The van der Waals surface area contributed by atoms with Gasteiger partial charge in [-0.25, -0.2) is 13.8 Å². The summed E-state index contributed by atoms with van der Waals surface area (Å²) in [5, 5.41) is 6.77. The summed E-state index contributed by atoms with van der Waals surface area (Å²) >= 11 is 0. The summed E-state index contributed by atoms with van der Waals surface area (Å²) in [6.07, 6.45) is 4.98.